The molecule has 0 saturated heterocycles. The highest BCUT2D eigenvalue weighted by atomic mass is 79.9. The van der Waals surface area contributed by atoms with Crippen LogP contribution in [-0.2, 0) is 0 Å². The number of aromatic nitrogens is 3. The summed E-state index contributed by atoms with van der Waals surface area (Å²) in [6, 6.07) is 9.97. The molecule has 0 aliphatic carbocycles. The van der Waals surface area contributed by atoms with Crippen LogP contribution in [-0.4, -0.2) is 21.2 Å². The van der Waals surface area contributed by atoms with Crippen LogP contribution in [0.25, 0.3) is 22.4 Å². The first-order chi connectivity index (χ1) is 12.5. The normalized spacial score (nSPS) is 11.0. The number of hydrogen-bond donors (Lipinski definition) is 3. The molecule has 26 heavy (non-hydrogen) atoms. The summed E-state index contributed by atoms with van der Waals surface area (Å²) >= 11 is 3.34. The number of nitrogens with two attached hydrogens (primary N) is 1. The highest BCUT2D eigenvalue weighted by Gasteiger charge is 2.19. The summed E-state index contributed by atoms with van der Waals surface area (Å²) in [7, 11) is 0. The van der Waals surface area contributed by atoms with Gasteiger partial charge < -0.3 is 15.6 Å². The number of carbonyl (C=O) groups excluding carboxylic acids is 1. The van der Waals surface area contributed by atoms with Crippen molar-refractivity contribution in [3.05, 3.63) is 57.1 Å². The van der Waals surface area contributed by atoms with Crippen molar-refractivity contribution in [2.45, 2.75) is 0 Å². The molecule has 4 aromatic rings. The molecule has 4 rings (SSSR count). The average molecular weight is 416 g/mol. The third-order valence-corrected chi connectivity index (χ3v) is 4.13. The van der Waals surface area contributed by atoms with Crippen LogP contribution in [0.15, 0.2) is 54.7 Å². The summed E-state index contributed by atoms with van der Waals surface area (Å²) in [6.07, 6.45) is 0. The molecule has 0 atom stereocenters. The van der Waals surface area contributed by atoms with Crippen LogP contribution in [0, 0.1) is 0 Å². The first-order valence-electron chi connectivity index (χ1n) is 7.33. The van der Waals surface area contributed by atoms with Gasteiger partial charge in [-0.05, 0) is 36.4 Å². The van der Waals surface area contributed by atoms with E-state index < -0.39 is 11.7 Å². The average Bonchev–Trinajstić information content (AvgIpc) is 3.22. The number of nitrogen functional groups attached to an aromatic ring is 1. The van der Waals surface area contributed by atoms with Crippen LogP contribution >= 0.6 is 15.9 Å². The monoisotopic (exact) mass is 415 g/mol. The molecule has 0 aliphatic rings. The SMILES string of the molecule is Nc1ccc2onc(C(=O)Nc3ccc(Br)cc3-c3noc(=O)[nH]3)c2c1. The van der Waals surface area contributed by atoms with Gasteiger partial charge in [-0.2, -0.15) is 0 Å². The number of rotatable bonds is 3. The maximum Gasteiger partial charge on any atom is 0.439 e. The number of aromatic amines is 1. The van der Waals surface area contributed by atoms with Crippen molar-refractivity contribution in [2.75, 3.05) is 11.1 Å². The fraction of sp³-hybridized carbons (Fsp3) is 0. The van der Waals surface area contributed by atoms with Crippen LogP contribution < -0.4 is 16.8 Å². The molecule has 1 amide bonds. The molecular weight excluding hydrogens is 406 g/mol. The fourth-order valence-electron chi connectivity index (χ4n) is 2.47. The maximum atomic E-state index is 12.7. The summed E-state index contributed by atoms with van der Waals surface area (Å²) in [5, 5.41) is 10.7. The Hall–Kier alpha value is -3.40. The minimum Gasteiger partial charge on any atom is -0.399 e. The van der Waals surface area contributed by atoms with E-state index in [1.807, 2.05) is 0 Å². The zero-order valence-electron chi connectivity index (χ0n) is 12.9. The van der Waals surface area contributed by atoms with E-state index in [-0.39, 0.29) is 11.5 Å². The molecule has 2 heterocycles. The number of hydrogen-bond acceptors (Lipinski definition) is 7. The number of nitrogens with one attached hydrogen (secondary N) is 2. The van der Waals surface area contributed by atoms with E-state index in [1.54, 1.807) is 36.4 Å². The summed E-state index contributed by atoms with van der Waals surface area (Å²) in [6.45, 7) is 0. The van der Waals surface area contributed by atoms with E-state index in [0.717, 1.165) is 4.47 Å². The molecule has 0 unspecified atom stereocenters. The Balaban J connectivity index is 1.74. The van der Waals surface area contributed by atoms with Crippen molar-refractivity contribution in [2.24, 2.45) is 0 Å². The molecule has 0 spiro atoms. The number of halogens is 1. The lowest BCUT2D eigenvalue weighted by Gasteiger charge is -2.08. The van der Waals surface area contributed by atoms with Gasteiger partial charge in [0.25, 0.3) is 5.91 Å². The molecule has 10 heteroatoms. The van der Waals surface area contributed by atoms with Crippen molar-refractivity contribution in [3.8, 4) is 11.4 Å². The predicted octanol–water partition coefficient (Wildman–Crippen LogP) is 2.77. The number of nitrogens with zero attached hydrogens (tertiary/aromatic N) is 2. The van der Waals surface area contributed by atoms with Crippen molar-refractivity contribution >= 4 is 44.2 Å². The first-order valence-corrected chi connectivity index (χ1v) is 8.13. The Labute approximate surface area is 153 Å². The highest BCUT2D eigenvalue weighted by molar-refractivity contribution is 9.10. The van der Waals surface area contributed by atoms with E-state index in [0.29, 0.717) is 27.9 Å². The second-order valence-corrected chi connectivity index (χ2v) is 6.29. The lowest BCUT2D eigenvalue weighted by Crippen LogP contribution is -2.13. The Morgan fingerprint density at radius 1 is 1.15 bits per heavy atom. The van der Waals surface area contributed by atoms with E-state index in [1.165, 1.54) is 0 Å². The smallest absolute Gasteiger partial charge is 0.399 e. The number of amides is 1. The quantitative estimate of drug-likeness (QED) is 0.436. The van der Waals surface area contributed by atoms with Crippen molar-refractivity contribution in [1.29, 1.82) is 0 Å². The lowest BCUT2D eigenvalue weighted by atomic mass is 10.1. The van der Waals surface area contributed by atoms with Crippen LogP contribution in [0.5, 0.6) is 0 Å². The third kappa shape index (κ3) is 2.86. The number of anilines is 2. The van der Waals surface area contributed by atoms with Gasteiger partial charge in [0.15, 0.2) is 17.1 Å². The van der Waals surface area contributed by atoms with Crippen LogP contribution in [0.1, 0.15) is 10.5 Å². The van der Waals surface area contributed by atoms with E-state index in [9.17, 15) is 9.59 Å². The van der Waals surface area contributed by atoms with Crippen LogP contribution in [0.2, 0.25) is 0 Å². The molecule has 0 radical (unpaired) electrons. The fourth-order valence-corrected chi connectivity index (χ4v) is 2.83. The van der Waals surface area contributed by atoms with Crippen molar-refractivity contribution < 1.29 is 13.8 Å². The molecule has 2 aromatic heterocycles. The number of carbonyl (C=O) groups is 1. The van der Waals surface area contributed by atoms with Gasteiger partial charge in [0.05, 0.1) is 11.1 Å². The van der Waals surface area contributed by atoms with Crippen molar-refractivity contribution in [1.82, 2.24) is 15.3 Å². The summed E-state index contributed by atoms with van der Waals surface area (Å²) in [5.74, 6) is -1.01. The summed E-state index contributed by atoms with van der Waals surface area (Å²) in [4.78, 5) is 26.4. The standard InChI is InChI=1S/C16H10BrN5O4/c17-7-1-3-11(9(5-7)14-20-16(24)26-22-14)19-15(23)13-10-6-8(18)2-4-12(10)25-21-13/h1-6H,18H2,(H,19,23)(H,20,22,24). The zero-order valence-corrected chi connectivity index (χ0v) is 14.5. The molecule has 0 bridgehead atoms. The Bertz CT molecular complexity index is 1190. The van der Waals surface area contributed by atoms with Crippen molar-refractivity contribution in [3.63, 3.8) is 0 Å². The molecule has 0 aliphatic heterocycles. The number of fused-ring (bicyclic) bond motifs is 1. The van der Waals surface area contributed by atoms with E-state index in [2.05, 4.69) is 41.1 Å². The van der Waals surface area contributed by atoms with E-state index in [4.69, 9.17) is 10.3 Å². The van der Waals surface area contributed by atoms with E-state index >= 15 is 0 Å². The molecular formula is C16H10BrN5O4. The second-order valence-electron chi connectivity index (χ2n) is 5.37. The van der Waals surface area contributed by atoms with Gasteiger partial charge >= 0.3 is 5.76 Å². The molecule has 2 aromatic carbocycles. The molecule has 0 fully saturated rings. The summed E-state index contributed by atoms with van der Waals surface area (Å²) in [5.41, 5.74) is 7.66. The van der Waals surface area contributed by atoms with Gasteiger partial charge in [0, 0.05) is 15.7 Å². The minimum absolute atomic E-state index is 0.0924. The van der Waals surface area contributed by atoms with Gasteiger partial charge in [-0.15, -0.1) is 0 Å². The van der Waals surface area contributed by atoms with Gasteiger partial charge in [-0.25, -0.2) is 4.79 Å². The molecule has 4 N–H and O–H groups in total. The molecule has 130 valence electrons. The lowest BCUT2D eigenvalue weighted by molar-refractivity contribution is 0.102. The second kappa shape index (κ2) is 6.15. The number of benzene rings is 2. The van der Waals surface area contributed by atoms with Gasteiger partial charge in [-0.1, -0.05) is 26.2 Å². The Kier molecular flexibility index (Phi) is 3.81. The largest absolute Gasteiger partial charge is 0.439 e. The summed E-state index contributed by atoms with van der Waals surface area (Å²) < 4.78 is 10.4. The minimum atomic E-state index is -0.699. The van der Waals surface area contributed by atoms with Crippen LogP contribution in [0.4, 0.5) is 11.4 Å². The number of H-pyrrole nitrogens is 1. The zero-order chi connectivity index (χ0) is 18.3. The third-order valence-electron chi connectivity index (χ3n) is 3.63. The maximum absolute atomic E-state index is 12.7. The molecule has 9 nitrogen and oxygen atoms in total. The highest BCUT2D eigenvalue weighted by Crippen LogP contribution is 2.29. The van der Waals surface area contributed by atoms with Gasteiger partial charge in [0.2, 0.25) is 0 Å². The van der Waals surface area contributed by atoms with Gasteiger partial charge in [-0.3, -0.25) is 14.3 Å². The Morgan fingerprint density at radius 2 is 2.00 bits per heavy atom. The van der Waals surface area contributed by atoms with Crippen LogP contribution in [0.3, 0.4) is 0 Å². The predicted molar refractivity (Wildman–Crippen MR) is 96.6 cm³/mol. The van der Waals surface area contributed by atoms with Gasteiger partial charge in [0.1, 0.15) is 0 Å². The first kappa shape index (κ1) is 16.1. The Morgan fingerprint density at radius 3 is 2.77 bits per heavy atom. The molecule has 0 saturated carbocycles. The topological polar surface area (TPSA) is 140 Å².